The monoisotopic (exact) mass is 378 g/mol. The molecule has 0 bridgehead atoms. The normalized spacial score (nSPS) is 17.0. The van der Waals surface area contributed by atoms with Crippen LogP contribution < -0.4 is 20.3 Å². The summed E-state index contributed by atoms with van der Waals surface area (Å²) in [7, 11) is 1.68. The van der Waals surface area contributed by atoms with Crippen molar-refractivity contribution in [2.24, 2.45) is 0 Å². The molecule has 0 aromatic carbocycles. The number of aromatic nitrogens is 3. The lowest BCUT2D eigenvalue weighted by molar-refractivity contribution is -0.0494. The lowest BCUT2D eigenvalue weighted by Crippen LogP contribution is -2.52. The van der Waals surface area contributed by atoms with E-state index in [0.29, 0.717) is 17.2 Å². The Kier molecular flexibility index (Phi) is 4.65. The molecule has 0 radical (unpaired) electrons. The largest absolute Gasteiger partial charge is 0.431 e. The van der Waals surface area contributed by atoms with E-state index in [1.807, 2.05) is 6.07 Å². The Morgan fingerprint density at radius 1 is 1.19 bits per heavy atom. The number of anilines is 3. The topological polar surface area (TPSA) is 89.6 Å². The summed E-state index contributed by atoms with van der Waals surface area (Å²) in [5, 5.41) is 0. The highest BCUT2D eigenvalue weighted by Crippen LogP contribution is 2.32. The Hall–Kier alpha value is -2.75. The van der Waals surface area contributed by atoms with Gasteiger partial charge in [0.25, 0.3) is 0 Å². The van der Waals surface area contributed by atoms with Crippen molar-refractivity contribution in [3.63, 3.8) is 0 Å². The van der Waals surface area contributed by atoms with Gasteiger partial charge in [-0.1, -0.05) is 0 Å². The molecule has 4 rings (SSSR count). The highest BCUT2D eigenvalue weighted by Gasteiger charge is 2.29. The maximum absolute atomic E-state index is 12.6. The average Bonchev–Trinajstić information content (AvgIpc) is 2.54. The van der Waals surface area contributed by atoms with Gasteiger partial charge < -0.3 is 25.0 Å². The van der Waals surface area contributed by atoms with Gasteiger partial charge in [0, 0.05) is 51.1 Å². The van der Waals surface area contributed by atoms with E-state index in [2.05, 4.69) is 29.5 Å². The van der Waals surface area contributed by atoms with Gasteiger partial charge in [0.15, 0.2) is 11.6 Å². The summed E-state index contributed by atoms with van der Waals surface area (Å²) >= 11 is 0. The van der Waals surface area contributed by atoms with Crippen LogP contribution in [-0.2, 0) is 4.74 Å². The molecule has 0 atom stereocenters. The van der Waals surface area contributed by atoms with Crippen molar-refractivity contribution in [1.29, 1.82) is 0 Å². The van der Waals surface area contributed by atoms with E-state index >= 15 is 0 Å². The lowest BCUT2D eigenvalue weighted by Gasteiger charge is -2.40. The zero-order valence-electron chi connectivity index (χ0n) is 14.8. The minimum absolute atomic E-state index is 0.0954. The van der Waals surface area contributed by atoms with Crippen LogP contribution in [0, 0.1) is 0 Å². The molecule has 2 saturated heterocycles. The molecule has 0 aliphatic carbocycles. The fourth-order valence-corrected chi connectivity index (χ4v) is 2.95. The fourth-order valence-electron chi connectivity index (χ4n) is 2.95. The third-order valence-electron chi connectivity index (χ3n) is 4.74. The summed E-state index contributed by atoms with van der Waals surface area (Å²) < 4.78 is 35.0. The molecule has 0 spiro atoms. The maximum atomic E-state index is 12.6. The van der Waals surface area contributed by atoms with Gasteiger partial charge >= 0.3 is 6.61 Å². The molecule has 2 N–H and O–H groups in total. The molecule has 2 aliphatic rings. The van der Waals surface area contributed by atoms with Gasteiger partial charge in [0.1, 0.15) is 5.82 Å². The molecule has 8 nitrogen and oxygen atoms in total. The second-order valence-electron chi connectivity index (χ2n) is 6.50. The number of pyridine rings is 1. The van der Waals surface area contributed by atoms with Crippen LogP contribution in [0.4, 0.5) is 26.4 Å². The molecular formula is C17H20F2N6O2. The highest BCUT2D eigenvalue weighted by molar-refractivity contribution is 5.68. The second-order valence-corrected chi connectivity index (χ2v) is 6.50. The molecule has 2 aromatic heterocycles. The first-order valence-electron chi connectivity index (χ1n) is 8.66. The van der Waals surface area contributed by atoms with Gasteiger partial charge in [-0.05, 0) is 12.5 Å². The molecule has 2 fully saturated rings. The van der Waals surface area contributed by atoms with E-state index < -0.39 is 6.61 Å². The number of nitrogens with zero attached hydrogens (tertiary/aromatic N) is 5. The van der Waals surface area contributed by atoms with Crippen molar-refractivity contribution >= 4 is 17.6 Å². The number of hydrogen-bond acceptors (Lipinski definition) is 8. The number of methoxy groups -OCH3 is 1. The van der Waals surface area contributed by atoms with Gasteiger partial charge in [-0.2, -0.15) is 13.8 Å². The lowest BCUT2D eigenvalue weighted by atomic mass is 10.1. The van der Waals surface area contributed by atoms with E-state index in [0.717, 1.165) is 38.4 Å². The number of nitrogen functional groups attached to an aromatic ring is 1. The third-order valence-corrected chi connectivity index (χ3v) is 4.74. The van der Waals surface area contributed by atoms with Crippen molar-refractivity contribution in [1.82, 2.24) is 15.0 Å². The van der Waals surface area contributed by atoms with Crippen molar-refractivity contribution in [2.75, 3.05) is 48.8 Å². The van der Waals surface area contributed by atoms with Gasteiger partial charge in [-0.15, -0.1) is 0 Å². The SMILES string of the molecule is COC1CN(c2cc(-c3cnc(N)c(OC(F)F)c3)nc(N3CCC3)n2)C1. The van der Waals surface area contributed by atoms with Gasteiger partial charge in [0.2, 0.25) is 5.95 Å². The van der Waals surface area contributed by atoms with Crippen LogP contribution in [0.2, 0.25) is 0 Å². The standard InChI is InChI=1S/C17H20F2N6O2/c1-26-11-8-25(9-11)14-6-12(22-17(23-14)24-3-2-4-24)10-5-13(27-16(18)19)15(20)21-7-10/h5-7,11,16H,2-4,8-9H2,1H3,(H2,20,21). The van der Waals surface area contributed by atoms with E-state index in [9.17, 15) is 8.78 Å². The zero-order valence-corrected chi connectivity index (χ0v) is 14.8. The van der Waals surface area contributed by atoms with Gasteiger partial charge in [-0.3, -0.25) is 0 Å². The Morgan fingerprint density at radius 2 is 1.96 bits per heavy atom. The molecular weight excluding hydrogens is 358 g/mol. The molecule has 0 unspecified atom stereocenters. The number of rotatable bonds is 6. The van der Waals surface area contributed by atoms with Crippen molar-refractivity contribution in [3.8, 4) is 17.0 Å². The maximum Gasteiger partial charge on any atom is 0.387 e. The minimum atomic E-state index is -2.98. The zero-order chi connectivity index (χ0) is 19.0. The molecule has 0 amide bonds. The van der Waals surface area contributed by atoms with E-state index in [1.165, 1.54) is 12.3 Å². The molecule has 27 heavy (non-hydrogen) atoms. The highest BCUT2D eigenvalue weighted by atomic mass is 19.3. The van der Waals surface area contributed by atoms with Crippen LogP contribution in [0.15, 0.2) is 18.3 Å². The van der Waals surface area contributed by atoms with Crippen LogP contribution in [0.5, 0.6) is 5.75 Å². The van der Waals surface area contributed by atoms with Gasteiger partial charge in [-0.25, -0.2) is 9.97 Å². The van der Waals surface area contributed by atoms with Gasteiger partial charge in [0.05, 0.1) is 11.8 Å². The van der Waals surface area contributed by atoms with E-state index in [4.69, 9.17) is 10.5 Å². The summed E-state index contributed by atoms with van der Waals surface area (Å²) in [5.41, 5.74) is 6.75. The summed E-state index contributed by atoms with van der Waals surface area (Å²) in [6.07, 6.45) is 2.77. The van der Waals surface area contributed by atoms with Crippen LogP contribution in [0.1, 0.15) is 6.42 Å². The Labute approximate surface area is 154 Å². The van der Waals surface area contributed by atoms with Crippen molar-refractivity contribution in [3.05, 3.63) is 18.3 Å². The summed E-state index contributed by atoms with van der Waals surface area (Å²) in [4.78, 5) is 17.4. The first kappa shape index (κ1) is 17.7. The molecule has 10 heteroatoms. The van der Waals surface area contributed by atoms with Crippen molar-refractivity contribution < 1.29 is 18.3 Å². The summed E-state index contributed by atoms with van der Waals surface area (Å²) in [6, 6.07) is 3.24. The first-order valence-corrected chi connectivity index (χ1v) is 8.66. The van der Waals surface area contributed by atoms with Crippen LogP contribution in [0.3, 0.4) is 0 Å². The number of ether oxygens (including phenoxy) is 2. The molecule has 144 valence electrons. The Balaban J connectivity index is 1.69. The van der Waals surface area contributed by atoms with Crippen LogP contribution >= 0.6 is 0 Å². The number of hydrogen-bond donors (Lipinski definition) is 1. The van der Waals surface area contributed by atoms with Crippen molar-refractivity contribution in [2.45, 2.75) is 19.1 Å². The Morgan fingerprint density at radius 3 is 2.59 bits per heavy atom. The number of alkyl halides is 2. The van der Waals surface area contributed by atoms with Crippen LogP contribution in [-0.4, -0.2) is 61.0 Å². The summed E-state index contributed by atoms with van der Waals surface area (Å²) in [6.45, 7) is 0.291. The molecule has 2 aliphatic heterocycles. The molecule has 0 saturated carbocycles. The minimum Gasteiger partial charge on any atom is -0.431 e. The van der Waals surface area contributed by atoms with Crippen LogP contribution in [0.25, 0.3) is 11.3 Å². The number of nitrogens with two attached hydrogens (primary N) is 1. The Bertz CT molecular complexity index is 827. The van der Waals surface area contributed by atoms with E-state index in [-0.39, 0.29) is 17.7 Å². The fraction of sp³-hybridized carbons (Fsp3) is 0.471. The van der Waals surface area contributed by atoms with E-state index in [1.54, 1.807) is 7.11 Å². The average molecular weight is 378 g/mol. The third kappa shape index (κ3) is 3.57. The molecule has 2 aromatic rings. The molecule has 4 heterocycles. The second kappa shape index (κ2) is 7.10. The number of halogens is 2. The first-order chi connectivity index (χ1) is 13.0. The predicted octanol–water partition coefficient (Wildman–Crippen LogP) is 1.77. The quantitative estimate of drug-likeness (QED) is 0.814. The summed E-state index contributed by atoms with van der Waals surface area (Å²) in [5.74, 6) is 1.12. The predicted molar refractivity (Wildman–Crippen MR) is 96.1 cm³/mol. The smallest absolute Gasteiger partial charge is 0.387 e.